The molecule has 0 atom stereocenters. The molecule has 3 rings (SSSR count). The molecule has 1 radical (unpaired) electrons. The van der Waals surface area contributed by atoms with Crippen LogP contribution in [0.2, 0.25) is 0 Å². The van der Waals surface area contributed by atoms with Crippen molar-refractivity contribution in [3.8, 4) is 21.0 Å². The first kappa shape index (κ1) is 12.7. The molecule has 0 saturated heterocycles. The van der Waals surface area contributed by atoms with Crippen LogP contribution < -0.4 is 0 Å². The van der Waals surface area contributed by atoms with Crippen LogP contribution in [0.4, 0.5) is 0 Å². The van der Waals surface area contributed by atoms with Crippen molar-refractivity contribution in [3.63, 3.8) is 0 Å². The monoisotopic (exact) mass is 435 g/mol. The Hall–Kier alpha value is -0.801. The van der Waals surface area contributed by atoms with E-state index in [0.717, 1.165) is 10.6 Å². The Balaban J connectivity index is 0.00000108. The minimum absolute atomic E-state index is 0. The van der Waals surface area contributed by atoms with E-state index < -0.39 is 0 Å². The third kappa shape index (κ3) is 2.72. The SMILES string of the molecule is [Ir].[c-]1cscc1-c1ncc(-c2ccccc2)s1. The Bertz CT molecular complexity index is 573. The fraction of sp³-hybridized carbons (Fsp3) is 0. The van der Waals surface area contributed by atoms with E-state index in [1.807, 2.05) is 29.8 Å². The van der Waals surface area contributed by atoms with Gasteiger partial charge >= 0.3 is 0 Å². The van der Waals surface area contributed by atoms with Crippen molar-refractivity contribution in [1.29, 1.82) is 0 Å². The first-order chi connectivity index (χ1) is 7.93. The summed E-state index contributed by atoms with van der Waals surface area (Å²) in [6.07, 6.45) is 1.93. The molecule has 1 aromatic carbocycles. The summed E-state index contributed by atoms with van der Waals surface area (Å²) in [5.74, 6) is 0. The van der Waals surface area contributed by atoms with Gasteiger partial charge in [0, 0.05) is 36.2 Å². The predicted molar refractivity (Wildman–Crippen MR) is 69.7 cm³/mol. The van der Waals surface area contributed by atoms with Crippen molar-refractivity contribution in [3.05, 3.63) is 53.4 Å². The molecule has 1 nitrogen and oxygen atoms in total. The van der Waals surface area contributed by atoms with Crippen LogP contribution in [-0.2, 0) is 20.1 Å². The summed E-state index contributed by atoms with van der Waals surface area (Å²) in [6.45, 7) is 0. The summed E-state index contributed by atoms with van der Waals surface area (Å²) < 4.78 is 0. The zero-order chi connectivity index (χ0) is 10.8. The van der Waals surface area contributed by atoms with Gasteiger partial charge in [0.15, 0.2) is 0 Å². The molecule has 87 valence electrons. The number of thiazole rings is 1. The molecular formula is C13H8IrNS2-. The van der Waals surface area contributed by atoms with Gasteiger partial charge in [-0.2, -0.15) is 17.4 Å². The number of nitrogens with zero attached hydrogens (tertiary/aromatic N) is 1. The van der Waals surface area contributed by atoms with Crippen LogP contribution in [-0.4, -0.2) is 4.98 Å². The summed E-state index contributed by atoms with van der Waals surface area (Å²) in [4.78, 5) is 5.63. The molecule has 0 N–H and O–H groups in total. The molecule has 0 aliphatic rings. The van der Waals surface area contributed by atoms with E-state index in [0.29, 0.717) is 0 Å². The average molecular weight is 435 g/mol. The van der Waals surface area contributed by atoms with E-state index in [-0.39, 0.29) is 20.1 Å². The van der Waals surface area contributed by atoms with Crippen LogP contribution >= 0.6 is 22.7 Å². The molecule has 4 heteroatoms. The largest absolute Gasteiger partial charge is 0.309 e. The van der Waals surface area contributed by atoms with Crippen LogP contribution in [0.1, 0.15) is 0 Å². The molecule has 17 heavy (non-hydrogen) atoms. The van der Waals surface area contributed by atoms with Gasteiger partial charge in [-0.05, 0) is 5.56 Å². The van der Waals surface area contributed by atoms with Gasteiger partial charge in [0.1, 0.15) is 0 Å². The third-order valence-electron chi connectivity index (χ3n) is 2.26. The van der Waals surface area contributed by atoms with E-state index in [1.54, 1.807) is 22.7 Å². The van der Waals surface area contributed by atoms with E-state index in [1.165, 1.54) is 10.4 Å². The van der Waals surface area contributed by atoms with Crippen molar-refractivity contribution < 1.29 is 20.1 Å². The summed E-state index contributed by atoms with van der Waals surface area (Å²) in [6, 6.07) is 13.5. The second kappa shape index (κ2) is 5.69. The molecule has 0 aliphatic heterocycles. The number of hydrogen-bond acceptors (Lipinski definition) is 3. The van der Waals surface area contributed by atoms with Crippen molar-refractivity contribution in [2.45, 2.75) is 0 Å². The summed E-state index contributed by atoms with van der Waals surface area (Å²) >= 11 is 3.36. The summed E-state index contributed by atoms with van der Waals surface area (Å²) in [7, 11) is 0. The predicted octanol–water partition coefficient (Wildman–Crippen LogP) is 4.34. The normalized spacial score (nSPS) is 9.88. The molecule has 0 unspecified atom stereocenters. The van der Waals surface area contributed by atoms with E-state index in [2.05, 4.69) is 28.6 Å². The van der Waals surface area contributed by atoms with Gasteiger partial charge in [0.05, 0.1) is 0 Å². The molecule has 0 bridgehead atoms. The molecule has 0 saturated carbocycles. The molecule has 2 heterocycles. The van der Waals surface area contributed by atoms with E-state index in [9.17, 15) is 0 Å². The Labute approximate surface area is 122 Å². The van der Waals surface area contributed by atoms with Gasteiger partial charge in [-0.15, -0.1) is 10.9 Å². The Morgan fingerprint density at radius 2 is 1.94 bits per heavy atom. The molecule has 0 aliphatic carbocycles. The fourth-order valence-electron chi connectivity index (χ4n) is 1.48. The van der Waals surface area contributed by atoms with Crippen molar-refractivity contribution in [1.82, 2.24) is 4.98 Å². The number of thiophene rings is 1. The Kier molecular flexibility index (Phi) is 4.24. The quantitative estimate of drug-likeness (QED) is 0.547. The average Bonchev–Trinajstić information content (AvgIpc) is 3.01. The summed E-state index contributed by atoms with van der Waals surface area (Å²) in [5, 5.41) is 5.08. The number of hydrogen-bond donors (Lipinski definition) is 0. The second-order valence-electron chi connectivity index (χ2n) is 3.33. The van der Waals surface area contributed by atoms with Gasteiger partial charge < -0.3 is 4.98 Å². The van der Waals surface area contributed by atoms with Crippen LogP contribution in [0.3, 0.4) is 0 Å². The molecular weight excluding hydrogens is 427 g/mol. The summed E-state index contributed by atoms with van der Waals surface area (Å²) in [5.41, 5.74) is 2.32. The fourth-order valence-corrected chi connectivity index (χ4v) is 3.03. The van der Waals surface area contributed by atoms with Crippen LogP contribution in [0, 0.1) is 6.07 Å². The van der Waals surface area contributed by atoms with Gasteiger partial charge in [-0.3, -0.25) is 0 Å². The second-order valence-corrected chi connectivity index (χ2v) is 5.10. The van der Waals surface area contributed by atoms with Crippen molar-refractivity contribution >= 4 is 22.7 Å². The van der Waals surface area contributed by atoms with E-state index in [4.69, 9.17) is 0 Å². The number of aromatic nitrogens is 1. The first-order valence-corrected chi connectivity index (χ1v) is 6.65. The van der Waals surface area contributed by atoms with Gasteiger partial charge in [0.2, 0.25) is 0 Å². The van der Waals surface area contributed by atoms with Crippen molar-refractivity contribution in [2.24, 2.45) is 0 Å². The zero-order valence-corrected chi connectivity index (χ0v) is 12.7. The number of rotatable bonds is 2. The molecule has 0 fully saturated rings. The minimum Gasteiger partial charge on any atom is -0.309 e. The van der Waals surface area contributed by atoms with Crippen LogP contribution in [0.5, 0.6) is 0 Å². The Morgan fingerprint density at radius 3 is 2.65 bits per heavy atom. The maximum atomic E-state index is 4.43. The maximum Gasteiger partial charge on any atom is 0.0404 e. The van der Waals surface area contributed by atoms with Gasteiger partial charge in [-0.25, -0.2) is 11.3 Å². The zero-order valence-electron chi connectivity index (χ0n) is 8.72. The minimum atomic E-state index is 0. The van der Waals surface area contributed by atoms with E-state index >= 15 is 0 Å². The Morgan fingerprint density at radius 1 is 1.12 bits per heavy atom. The third-order valence-corrected chi connectivity index (χ3v) is 3.97. The smallest absolute Gasteiger partial charge is 0.0404 e. The van der Waals surface area contributed by atoms with Gasteiger partial charge in [-0.1, -0.05) is 35.7 Å². The number of benzene rings is 1. The first-order valence-electron chi connectivity index (χ1n) is 4.89. The van der Waals surface area contributed by atoms with Crippen molar-refractivity contribution in [2.75, 3.05) is 0 Å². The van der Waals surface area contributed by atoms with Gasteiger partial charge in [0.25, 0.3) is 0 Å². The molecule has 3 aromatic rings. The standard InChI is InChI=1S/C13H8NS2.Ir/c1-2-4-10(5-3-1)12-8-14-13(16-12)11-6-7-15-9-11;/h1-5,7-9H;/q-1;. The van der Waals surface area contributed by atoms with Crippen LogP contribution in [0.25, 0.3) is 21.0 Å². The van der Waals surface area contributed by atoms with Crippen LogP contribution in [0.15, 0.2) is 47.3 Å². The molecule has 0 amide bonds. The maximum absolute atomic E-state index is 4.43. The molecule has 0 spiro atoms. The molecule has 2 aromatic heterocycles. The topological polar surface area (TPSA) is 12.9 Å².